The molecule has 0 nitrogen and oxygen atoms in total. The van der Waals surface area contributed by atoms with Crippen LogP contribution in [-0.2, 0) is 17.1 Å². The van der Waals surface area contributed by atoms with Crippen molar-refractivity contribution in [2.75, 3.05) is 0 Å². The van der Waals surface area contributed by atoms with Crippen LogP contribution in [0.25, 0.3) is 21.5 Å². The van der Waals surface area contributed by atoms with Gasteiger partial charge in [-0.05, 0) is 92.0 Å². The molecule has 3 heteroatoms. The van der Waals surface area contributed by atoms with Gasteiger partial charge in [-0.15, -0.1) is 10.9 Å². The number of hydrogen-bond donors (Lipinski definition) is 0. The number of fused-ring (bicyclic) bond motifs is 2. The summed E-state index contributed by atoms with van der Waals surface area (Å²) in [5, 5.41) is 12.6. The third-order valence-corrected chi connectivity index (χ3v) is 14.8. The Kier molecular flexibility index (Phi) is 11.9. The van der Waals surface area contributed by atoms with E-state index in [0.29, 0.717) is 5.66 Å². The summed E-state index contributed by atoms with van der Waals surface area (Å²) >= 11 is 0. The maximum absolute atomic E-state index is 2.49. The normalized spacial score (nSPS) is 11.7. The first-order valence-corrected chi connectivity index (χ1v) is 20.3. The standard InChI is InChI=1S/C43H39P2.C5H5.Fe/c1-29-23-30(2)26-36(25-29)44(37-27-31(3)24-32(4)28-37)33(5)38-19-12-22-41(38)45(42-20-10-15-34-13-6-8-17-39(34)42)43-21-11-16-35-14-7-9-18-40(35)43;1-2-4-5-3-1;/h6-28,33H,1-5H3;1-5H;/q2*-1;+2/t33-;;/m1../s1. The SMILES string of the molecule is Cc1cc(C)cc(P(c2cc(C)cc(C)c2)[C@H](C)[c-]2cccc2P(c2cccc3ccccc23)c2cccc3ccccc23)c1.[Fe+2].c1cc[cH-]c1. The van der Waals surface area contributed by atoms with Gasteiger partial charge in [0.25, 0.3) is 0 Å². The first kappa shape index (κ1) is 36.7. The first-order chi connectivity index (χ1) is 24.4. The average molecular weight is 739 g/mol. The van der Waals surface area contributed by atoms with E-state index in [9.17, 15) is 0 Å². The minimum atomic E-state index is -0.839. The summed E-state index contributed by atoms with van der Waals surface area (Å²) in [5.74, 6) is 0. The quantitative estimate of drug-likeness (QED) is 0.0868. The third kappa shape index (κ3) is 8.05. The molecule has 0 aliphatic heterocycles. The van der Waals surface area contributed by atoms with E-state index in [4.69, 9.17) is 0 Å². The molecule has 8 aromatic carbocycles. The molecule has 1 atom stereocenters. The molecule has 0 N–H and O–H groups in total. The number of benzene rings is 6. The Balaban J connectivity index is 0.000000689. The molecule has 0 radical (unpaired) electrons. The van der Waals surface area contributed by atoms with Crippen molar-refractivity contribution >= 4 is 63.9 Å². The van der Waals surface area contributed by atoms with E-state index >= 15 is 0 Å². The van der Waals surface area contributed by atoms with E-state index < -0.39 is 15.8 Å². The molecule has 0 bridgehead atoms. The van der Waals surface area contributed by atoms with Crippen LogP contribution in [0.3, 0.4) is 0 Å². The summed E-state index contributed by atoms with van der Waals surface area (Å²) in [4.78, 5) is 0. The second-order valence-electron chi connectivity index (χ2n) is 13.4. The van der Waals surface area contributed by atoms with Crippen LogP contribution in [0.1, 0.15) is 40.4 Å². The van der Waals surface area contributed by atoms with Crippen LogP contribution in [0.2, 0.25) is 0 Å². The van der Waals surface area contributed by atoms with E-state index in [2.05, 4.69) is 174 Å². The Morgan fingerprint density at radius 1 is 0.510 bits per heavy atom. The smallest absolute Gasteiger partial charge is 0.214 e. The molecular weight excluding hydrogens is 694 g/mol. The molecule has 254 valence electrons. The zero-order valence-electron chi connectivity index (χ0n) is 30.0. The molecule has 0 aliphatic carbocycles. The van der Waals surface area contributed by atoms with Gasteiger partial charge in [0.15, 0.2) is 0 Å². The average Bonchev–Trinajstić information content (AvgIpc) is 3.85. The Labute approximate surface area is 317 Å². The molecule has 0 amide bonds. The molecule has 0 aliphatic rings. The van der Waals surface area contributed by atoms with Crippen molar-refractivity contribution in [3.05, 3.63) is 198 Å². The molecule has 0 saturated carbocycles. The second-order valence-corrected chi connectivity index (χ2v) is 18.1. The van der Waals surface area contributed by atoms with Crippen LogP contribution in [0.15, 0.2) is 170 Å². The fourth-order valence-electron chi connectivity index (χ4n) is 7.41. The molecule has 0 aromatic heterocycles. The van der Waals surface area contributed by atoms with Crippen molar-refractivity contribution in [2.24, 2.45) is 0 Å². The van der Waals surface area contributed by atoms with Crippen molar-refractivity contribution in [1.82, 2.24) is 0 Å². The van der Waals surface area contributed by atoms with Gasteiger partial charge in [0.05, 0.1) is 0 Å². The van der Waals surface area contributed by atoms with Gasteiger partial charge in [0.2, 0.25) is 0 Å². The van der Waals surface area contributed by atoms with Gasteiger partial charge < -0.3 is 0 Å². The van der Waals surface area contributed by atoms with Crippen LogP contribution in [0.5, 0.6) is 0 Å². The minimum absolute atomic E-state index is 0. The van der Waals surface area contributed by atoms with E-state index in [-0.39, 0.29) is 17.1 Å². The predicted molar refractivity (Wildman–Crippen MR) is 224 cm³/mol. The molecule has 0 fully saturated rings. The summed E-state index contributed by atoms with van der Waals surface area (Å²) in [7, 11) is -1.50. The Hall–Kier alpha value is -4.08. The van der Waals surface area contributed by atoms with E-state index in [1.165, 1.54) is 75.9 Å². The topological polar surface area (TPSA) is 0 Å². The summed E-state index contributed by atoms with van der Waals surface area (Å²) in [6.07, 6.45) is 0. The van der Waals surface area contributed by atoms with Gasteiger partial charge in [0.1, 0.15) is 0 Å². The minimum Gasteiger partial charge on any atom is -0.214 e. The van der Waals surface area contributed by atoms with Gasteiger partial charge in [-0.2, -0.15) is 24.3 Å². The molecular formula is C48H44FeP2. The van der Waals surface area contributed by atoms with Crippen molar-refractivity contribution in [3.8, 4) is 0 Å². The monoisotopic (exact) mass is 738 g/mol. The third-order valence-electron chi connectivity index (χ3n) is 9.44. The van der Waals surface area contributed by atoms with E-state index in [1.807, 2.05) is 30.3 Å². The van der Waals surface area contributed by atoms with E-state index in [1.54, 1.807) is 0 Å². The summed E-state index contributed by atoms with van der Waals surface area (Å²) in [5.41, 5.74) is 7.17. The van der Waals surface area contributed by atoms with Gasteiger partial charge in [-0.25, -0.2) is 24.3 Å². The zero-order valence-corrected chi connectivity index (χ0v) is 32.9. The molecule has 0 unspecified atom stereocenters. The van der Waals surface area contributed by atoms with Crippen LogP contribution in [-0.4, -0.2) is 0 Å². The molecule has 0 saturated heterocycles. The largest absolute Gasteiger partial charge is 2.00 e. The summed E-state index contributed by atoms with van der Waals surface area (Å²) < 4.78 is 0. The molecule has 0 spiro atoms. The van der Waals surface area contributed by atoms with Crippen LogP contribution >= 0.6 is 15.8 Å². The van der Waals surface area contributed by atoms with E-state index in [0.717, 1.165) is 0 Å². The summed E-state index contributed by atoms with van der Waals surface area (Å²) in [6.45, 7) is 11.4. The molecule has 0 heterocycles. The zero-order chi connectivity index (χ0) is 34.6. The van der Waals surface area contributed by atoms with Crippen molar-refractivity contribution in [3.63, 3.8) is 0 Å². The number of aryl methyl sites for hydroxylation is 4. The maximum atomic E-state index is 2.49. The Bertz CT molecular complexity index is 2160. The molecule has 8 rings (SSSR count). The molecule has 8 aromatic rings. The van der Waals surface area contributed by atoms with Crippen LogP contribution in [0.4, 0.5) is 0 Å². The van der Waals surface area contributed by atoms with Crippen molar-refractivity contribution in [2.45, 2.75) is 40.3 Å². The van der Waals surface area contributed by atoms with Crippen molar-refractivity contribution < 1.29 is 17.1 Å². The van der Waals surface area contributed by atoms with Crippen LogP contribution in [0, 0.1) is 27.7 Å². The van der Waals surface area contributed by atoms with Crippen LogP contribution < -0.4 is 26.5 Å². The maximum Gasteiger partial charge on any atom is 2.00 e. The Morgan fingerprint density at radius 3 is 1.41 bits per heavy atom. The van der Waals surface area contributed by atoms with Gasteiger partial charge >= 0.3 is 17.1 Å². The summed E-state index contributed by atoms with van der Waals surface area (Å²) in [6, 6.07) is 63.1. The fourth-order valence-corrected chi connectivity index (χ4v) is 13.5. The number of hydrogen-bond acceptors (Lipinski definition) is 0. The number of rotatable bonds is 7. The van der Waals surface area contributed by atoms with Gasteiger partial charge in [-0.1, -0.05) is 151 Å². The van der Waals surface area contributed by atoms with Crippen molar-refractivity contribution in [1.29, 1.82) is 0 Å². The predicted octanol–water partition coefficient (Wildman–Crippen LogP) is 11.3. The molecule has 51 heavy (non-hydrogen) atoms. The first-order valence-electron chi connectivity index (χ1n) is 17.5. The van der Waals surface area contributed by atoms with Gasteiger partial charge in [-0.3, -0.25) is 0 Å². The van der Waals surface area contributed by atoms with Gasteiger partial charge in [0, 0.05) is 0 Å². The Morgan fingerprint density at radius 2 is 0.961 bits per heavy atom. The fraction of sp³-hybridized carbons (Fsp3) is 0.125. The second kappa shape index (κ2) is 16.5.